The Morgan fingerprint density at radius 1 is 0.912 bits per heavy atom. The zero-order valence-corrected chi connectivity index (χ0v) is 20.1. The van der Waals surface area contributed by atoms with Crippen molar-refractivity contribution in [3.63, 3.8) is 0 Å². The van der Waals surface area contributed by atoms with Crippen molar-refractivity contribution >= 4 is 46.3 Å². The first-order chi connectivity index (χ1) is 16.4. The Hall–Kier alpha value is -3.61. The Morgan fingerprint density at radius 2 is 1.68 bits per heavy atom. The van der Waals surface area contributed by atoms with Gasteiger partial charge in [0.15, 0.2) is 6.10 Å². The summed E-state index contributed by atoms with van der Waals surface area (Å²) in [5.41, 5.74) is 3.21. The number of rotatable bonds is 7. The summed E-state index contributed by atoms with van der Waals surface area (Å²) in [7, 11) is 0. The van der Waals surface area contributed by atoms with E-state index >= 15 is 0 Å². The lowest BCUT2D eigenvalue weighted by atomic mass is 10.1. The monoisotopic (exact) mass is 492 g/mol. The molecule has 8 heteroatoms. The van der Waals surface area contributed by atoms with E-state index in [1.54, 1.807) is 31.2 Å². The van der Waals surface area contributed by atoms with Gasteiger partial charge in [-0.15, -0.1) is 0 Å². The van der Waals surface area contributed by atoms with E-state index in [4.69, 9.17) is 27.9 Å². The Bertz CT molecular complexity index is 1320. The lowest BCUT2D eigenvalue weighted by Crippen LogP contribution is -2.30. The van der Waals surface area contributed by atoms with Crippen LogP contribution in [0.1, 0.15) is 12.7 Å². The second kappa shape index (κ2) is 10.5. The summed E-state index contributed by atoms with van der Waals surface area (Å²) in [6.07, 6.45) is -0.770. The molecule has 0 aliphatic heterocycles. The van der Waals surface area contributed by atoms with E-state index in [9.17, 15) is 4.79 Å². The van der Waals surface area contributed by atoms with Gasteiger partial charge in [0.05, 0.1) is 10.7 Å². The molecule has 0 spiro atoms. The van der Waals surface area contributed by atoms with E-state index in [2.05, 4.69) is 20.6 Å². The number of aromatic nitrogens is 2. The minimum Gasteiger partial charge on any atom is -0.479 e. The first-order valence-corrected chi connectivity index (χ1v) is 11.3. The average Bonchev–Trinajstić information content (AvgIpc) is 2.81. The number of halogens is 2. The van der Waals surface area contributed by atoms with E-state index in [1.807, 2.05) is 61.5 Å². The smallest absolute Gasteiger partial charge is 0.265 e. The fraction of sp³-hybridized carbons (Fsp3) is 0.115. The molecule has 0 saturated carbocycles. The number of amides is 1. The first kappa shape index (κ1) is 23.5. The van der Waals surface area contributed by atoms with Crippen molar-refractivity contribution in [2.75, 3.05) is 10.6 Å². The van der Waals surface area contributed by atoms with Gasteiger partial charge in [0, 0.05) is 28.0 Å². The van der Waals surface area contributed by atoms with E-state index in [-0.39, 0.29) is 5.91 Å². The van der Waals surface area contributed by atoms with Gasteiger partial charge in [0.25, 0.3) is 5.91 Å². The quantitative estimate of drug-likeness (QED) is 0.293. The third-order valence-electron chi connectivity index (χ3n) is 4.88. The molecule has 1 amide bonds. The van der Waals surface area contributed by atoms with Crippen molar-refractivity contribution in [2.24, 2.45) is 0 Å². The zero-order valence-electron chi connectivity index (χ0n) is 18.5. The molecule has 3 aromatic carbocycles. The molecule has 0 bridgehead atoms. The zero-order chi connectivity index (χ0) is 24.1. The van der Waals surface area contributed by atoms with Gasteiger partial charge in [-0.25, -0.2) is 9.97 Å². The summed E-state index contributed by atoms with van der Waals surface area (Å²) < 4.78 is 5.69. The number of hydrogen-bond acceptors (Lipinski definition) is 5. The molecular weight excluding hydrogens is 471 g/mol. The Balaban J connectivity index is 1.45. The van der Waals surface area contributed by atoms with Gasteiger partial charge in [-0.05, 0) is 50.2 Å². The normalized spacial score (nSPS) is 11.5. The van der Waals surface area contributed by atoms with Crippen LogP contribution < -0.4 is 15.4 Å². The van der Waals surface area contributed by atoms with Crippen LogP contribution >= 0.6 is 23.2 Å². The molecule has 4 aromatic rings. The van der Waals surface area contributed by atoms with Crippen molar-refractivity contribution in [1.82, 2.24) is 9.97 Å². The van der Waals surface area contributed by atoms with E-state index in [1.165, 1.54) is 0 Å². The lowest BCUT2D eigenvalue weighted by Gasteiger charge is -2.16. The number of carbonyl (C=O) groups is 1. The van der Waals surface area contributed by atoms with E-state index in [0.29, 0.717) is 33.1 Å². The summed E-state index contributed by atoms with van der Waals surface area (Å²) >= 11 is 12.0. The SMILES string of the molecule is Cc1nc(Nc2cccc(NC(=O)C(C)Oc3ccc(Cl)cc3Cl)c2)cc(-c2ccccc2)n1. The second-order valence-electron chi connectivity index (χ2n) is 7.58. The van der Waals surface area contributed by atoms with Crippen molar-refractivity contribution < 1.29 is 9.53 Å². The molecule has 2 N–H and O–H groups in total. The summed E-state index contributed by atoms with van der Waals surface area (Å²) in [4.78, 5) is 21.7. The van der Waals surface area contributed by atoms with Crippen LogP contribution in [0.15, 0.2) is 78.9 Å². The molecule has 0 saturated heterocycles. The van der Waals surface area contributed by atoms with Gasteiger partial charge in [0.1, 0.15) is 17.4 Å². The Morgan fingerprint density at radius 3 is 2.44 bits per heavy atom. The Labute approximate surface area is 207 Å². The number of aryl methyl sites for hydroxylation is 1. The van der Waals surface area contributed by atoms with Gasteiger partial charge in [-0.2, -0.15) is 0 Å². The van der Waals surface area contributed by atoms with Crippen molar-refractivity contribution in [3.8, 4) is 17.0 Å². The molecule has 1 heterocycles. The first-order valence-electron chi connectivity index (χ1n) is 10.6. The van der Waals surface area contributed by atoms with Crippen LogP contribution in [0.5, 0.6) is 5.75 Å². The summed E-state index contributed by atoms with van der Waals surface area (Å²) in [5.74, 6) is 1.38. The van der Waals surface area contributed by atoms with Crippen LogP contribution in [0.2, 0.25) is 10.0 Å². The highest BCUT2D eigenvalue weighted by Gasteiger charge is 2.17. The third kappa shape index (κ3) is 6.04. The van der Waals surface area contributed by atoms with E-state index < -0.39 is 6.10 Å². The minimum atomic E-state index is -0.770. The van der Waals surface area contributed by atoms with Crippen LogP contribution in [0.4, 0.5) is 17.2 Å². The number of nitrogens with one attached hydrogen (secondary N) is 2. The predicted molar refractivity (Wildman–Crippen MR) is 137 cm³/mol. The summed E-state index contributed by atoms with van der Waals surface area (Å²) in [6.45, 7) is 3.50. The van der Waals surface area contributed by atoms with Crippen LogP contribution in [0, 0.1) is 6.92 Å². The van der Waals surface area contributed by atoms with Crippen molar-refractivity contribution in [3.05, 3.63) is 94.7 Å². The molecule has 1 unspecified atom stereocenters. The van der Waals surface area contributed by atoms with Crippen LogP contribution in [0.25, 0.3) is 11.3 Å². The molecule has 6 nitrogen and oxygen atoms in total. The van der Waals surface area contributed by atoms with Crippen LogP contribution in [0.3, 0.4) is 0 Å². The van der Waals surface area contributed by atoms with Gasteiger partial charge in [-0.1, -0.05) is 59.6 Å². The highest BCUT2D eigenvalue weighted by Crippen LogP contribution is 2.29. The maximum Gasteiger partial charge on any atom is 0.265 e. The molecule has 0 aliphatic carbocycles. The predicted octanol–water partition coefficient (Wildman–Crippen LogP) is 6.91. The fourth-order valence-corrected chi connectivity index (χ4v) is 3.72. The number of benzene rings is 3. The Kier molecular flexibility index (Phi) is 7.30. The van der Waals surface area contributed by atoms with Crippen molar-refractivity contribution in [1.29, 1.82) is 0 Å². The molecule has 0 radical (unpaired) electrons. The van der Waals surface area contributed by atoms with Gasteiger partial charge in [-0.3, -0.25) is 4.79 Å². The number of ether oxygens (including phenoxy) is 1. The van der Waals surface area contributed by atoms with Gasteiger partial charge < -0.3 is 15.4 Å². The topological polar surface area (TPSA) is 76.1 Å². The number of nitrogens with zero attached hydrogens (tertiary/aromatic N) is 2. The van der Waals surface area contributed by atoms with Crippen LogP contribution in [-0.4, -0.2) is 22.0 Å². The number of carbonyl (C=O) groups excluding carboxylic acids is 1. The van der Waals surface area contributed by atoms with Crippen molar-refractivity contribution in [2.45, 2.75) is 20.0 Å². The standard InChI is InChI=1S/C26H22Cl2N4O2/c1-16(34-24-12-11-19(27)13-22(24)28)26(33)32-21-10-6-9-20(14-21)31-25-15-23(29-17(2)30-25)18-7-4-3-5-8-18/h3-16H,1-2H3,(H,32,33)(H,29,30,31). The molecule has 0 aliphatic rings. The molecule has 172 valence electrons. The molecule has 1 aromatic heterocycles. The molecular formula is C26H22Cl2N4O2. The molecule has 34 heavy (non-hydrogen) atoms. The second-order valence-corrected chi connectivity index (χ2v) is 8.43. The summed E-state index contributed by atoms with van der Waals surface area (Å²) in [5, 5.41) is 6.98. The van der Waals surface area contributed by atoms with Gasteiger partial charge in [0.2, 0.25) is 0 Å². The highest BCUT2D eigenvalue weighted by molar-refractivity contribution is 6.35. The number of anilines is 3. The van der Waals surface area contributed by atoms with Gasteiger partial charge >= 0.3 is 0 Å². The third-order valence-corrected chi connectivity index (χ3v) is 5.41. The minimum absolute atomic E-state index is 0.313. The largest absolute Gasteiger partial charge is 0.479 e. The fourth-order valence-electron chi connectivity index (χ4n) is 3.27. The van der Waals surface area contributed by atoms with Crippen LogP contribution in [-0.2, 0) is 4.79 Å². The maximum absolute atomic E-state index is 12.7. The highest BCUT2D eigenvalue weighted by atomic mass is 35.5. The molecule has 0 fully saturated rings. The lowest BCUT2D eigenvalue weighted by molar-refractivity contribution is -0.122. The molecule has 1 atom stereocenters. The average molecular weight is 493 g/mol. The number of hydrogen-bond donors (Lipinski definition) is 2. The summed E-state index contributed by atoms with van der Waals surface area (Å²) in [6, 6.07) is 24.0. The van der Waals surface area contributed by atoms with E-state index in [0.717, 1.165) is 16.9 Å². The molecule has 4 rings (SSSR count). The maximum atomic E-state index is 12.7.